The van der Waals surface area contributed by atoms with E-state index in [9.17, 15) is 9.18 Å². The number of carbonyl (C=O) groups is 1. The molecular formula is C16H17FO3S. The van der Waals surface area contributed by atoms with Gasteiger partial charge in [0.05, 0.1) is 5.56 Å². The molecule has 0 aliphatic rings. The summed E-state index contributed by atoms with van der Waals surface area (Å²) in [6.45, 7) is 4.65. The summed E-state index contributed by atoms with van der Waals surface area (Å²) in [6.07, 6.45) is -0.600. The van der Waals surface area contributed by atoms with Gasteiger partial charge < -0.3 is 9.47 Å². The second-order valence-corrected chi connectivity index (χ2v) is 5.04. The Kier molecular flexibility index (Phi) is 5.61. The molecule has 0 bridgehead atoms. The molecule has 21 heavy (non-hydrogen) atoms. The van der Waals surface area contributed by atoms with Gasteiger partial charge in [0.15, 0.2) is 12.1 Å². The fourth-order valence-corrected chi connectivity index (χ4v) is 2.83. The first-order chi connectivity index (χ1) is 10.2. The number of ketones is 1. The van der Waals surface area contributed by atoms with Gasteiger partial charge in [-0.1, -0.05) is 12.1 Å². The summed E-state index contributed by atoms with van der Waals surface area (Å²) in [4.78, 5) is 12.5. The Hall–Kier alpha value is -1.56. The lowest BCUT2D eigenvalue weighted by Gasteiger charge is -2.17. The first-order valence-corrected chi connectivity index (χ1v) is 7.71. The Morgan fingerprint density at radius 2 is 1.81 bits per heavy atom. The van der Waals surface area contributed by atoms with Crippen LogP contribution in [0.3, 0.4) is 0 Å². The molecular weight excluding hydrogens is 291 g/mol. The van der Waals surface area contributed by atoms with Crippen LogP contribution in [-0.4, -0.2) is 19.0 Å². The fourth-order valence-electron chi connectivity index (χ4n) is 1.99. The zero-order chi connectivity index (χ0) is 15.2. The summed E-state index contributed by atoms with van der Waals surface area (Å²) in [6, 6.07) is 5.96. The van der Waals surface area contributed by atoms with Gasteiger partial charge >= 0.3 is 0 Å². The predicted octanol–water partition coefficient (Wildman–Crippen LogP) is 4.19. The molecule has 2 rings (SSSR count). The van der Waals surface area contributed by atoms with Crippen LogP contribution in [0.25, 0.3) is 0 Å². The van der Waals surface area contributed by atoms with Gasteiger partial charge in [-0.2, -0.15) is 11.3 Å². The van der Waals surface area contributed by atoms with Crippen molar-refractivity contribution in [3.05, 3.63) is 57.5 Å². The Morgan fingerprint density at radius 1 is 1.14 bits per heavy atom. The lowest BCUT2D eigenvalue weighted by atomic mass is 10.0. The van der Waals surface area contributed by atoms with E-state index in [1.807, 2.05) is 19.2 Å². The number of thiophene rings is 1. The van der Waals surface area contributed by atoms with E-state index in [-0.39, 0.29) is 11.3 Å². The standard InChI is InChI=1S/C16H17FO3S/c1-3-19-16(20-4-2)13-10-21-9-12(13)15(18)11-7-5-6-8-14(11)17/h5-10,16H,3-4H2,1-2H3. The number of rotatable bonds is 7. The quantitative estimate of drug-likeness (QED) is 0.568. The summed E-state index contributed by atoms with van der Waals surface area (Å²) in [5.74, 6) is -0.877. The number of benzene rings is 1. The van der Waals surface area contributed by atoms with Crippen molar-refractivity contribution in [1.82, 2.24) is 0 Å². The van der Waals surface area contributed by atoms with Crippen LogP contribution >= 0.6 is 11.3 Å². The zero-order valence-corrected chi connectivity index (χ0v) is 12.8. The summed E-state index contributed by atoms with van der Waals surface area (Å²) in [7, 11) is 0. The van der Waals surface area contributed by atoms with Crippen molar-refractivity contribution in [3.8, 4) is 0 Å². The third kappa shape index (κ3) is 3.56. The molecule has 0 N–H and O–H groups in total. The number of halogens is 1. The molecule has 0 atom stereocenters. The van der Waals surface area contributed by atoms with Crippen molar-refractivity contribution < 1.29 is 18.7 Å². The molecule has 5 heteroatoms. The first-order valence-electron chi connectivity index (χ1n) is 6.77. The van der Waals surface area contributed by atoms with Crippen molar-refractivity contribution >= 4 is 17.1 Å². The van der Waals surface area contributed by atoms with Gasteiger partial charge in [-0.15, -0.1) is 0 Å². The number of hydrogen-bond acceptors (Lipinski definition) is 4. The zero-order valence-electron chi connectivity index (χ0n) is 12.0. The molecule has 0 aliphatic carbocycles. The van der Waals surface area contributed by atoms with Gasteiger partial charge in [-0.3, -0.25) is 4.79 Å². The molecule has 1 heterocycles. The molecule has 0 radical (unpaired) electrons. The molecule has 0 saturated carbocycles. The van der Waals surface area contributed by atoms with E-state index < -0.39 is 12.1 Å². The minimum absolute atomic E-state index is 0.0592. The van der Waals surface area contributed by atoms with E-state index in [2.05, 4.69) is 0 Å². The molecule has 1 aromatic heterocycles. The molecule has 0 fully saturated rings. The minimum atomic E-state index is -0.600. The number of carbonyl (C=O) groups excluding carboxylic acids is 1. The number of hydrogen-bond donors (Lipinski definition) is 0. The summed E-state index contributed by atoms with van der Waals surface area (Å²) in [5.41, 5.74) is 1.14. The molecule has 0 amide bonds. The van der Waals surface area contributed by atoms with Crippen molar-refractivity contribution in [3.63, 3.8) is 0 Å². The Balaban J connectivity index is 2.35. The van der Waals surface area contributed by atoms with Crippen LogP contribution in [0.15, 0.2) is 35.0 Å². The van der Waals surface area contributed by atoms with E-state index >= 15 is 0 Å². The van der Waals surface area contributed by atoms with Gasteiger partial charge in [-0.25, -0.2) is 4.39 Å². The first kappa shape index (κ1) is 15.8. The van der Waals surface area contributed by atoms with Crippen molar-refractivity contribution in [1.29, 1.82) is 0 Å². The van der Waals surface area contributed by atoms with Gasteiger partial charge in [0.1, 0.15) is 5.82 Å². The molecule has 2 aromatic rings. The van der Waals surface area contributed by atoms with Crippen LogP contribution < -0.4 is 0 Å². The predicted molar refractivity (Wildman–Crippen MR) is 80.1 cm³/mol. The van der Waals surface area contributed by atoms with Crippen LogP contribution in [0, 0.1) is 5.82 Å². The minimum Gasteiger partial charge on any atom is -0.349 e. The maximum absolute atomic E-state index is 13.8. The summed E-state index contributed by atoms with van der Waals surface area (Å²) >= 11 is 1.37. The highest BCUT2D eigenvalue weighted by Gasteiger charge is 2.23. The van der Waals surface area contributed by atoms with Crippen LogP contribution in [0.2, 0.25) is 0 Å². The summed E-state index contributed by atoms with van der Waals surface area (Å²) in [5, 5.41) is 3.51. The normalized spacial score (nSPS) is 11.0. The highest BCUT2D eigenvalue weighted by Crippen LogP contribution is 2.28. The van der Waals surface area contributed by atoms with Crippen LogP contribution in [-0.2, 0) is 9.47 Å². The van der Waals surface area contributed by atoms with E-state index in [0.29, 0.717) is 24.3 Å². The second kappa shape index (κ2) is 7.45. The van der Waals surface area contributed by atoms with Gasteiger partial charge in [0.2, 0.25) is 0 Å². The van der Waals surface area contributed by atoms with E-state index in [1.54, 1.807) is 17.5 Å². The molecule has 112 valence electrons. The molecule has 0 unspecified atom stereocenters. The Labute approximate surface area is 127 Å². The van der Waals surface area contributed by atoms with E-state index in [0.717, 1.165) is 0 Å². The molecule has 0 spiro atoms. The van der Waals surface area contributed by atoms with Crippen LogP contribution in [0.1, 0.15) is 41.6 Å². The Bertz CT molecular complexity index is 603. The lowest BCUT2D eigenvalue weighted by molar-refractivity contribution is -0.140. The largest absolute Gasteiger partial charge is 0.349 e. The molecule has 0 aliphatic heterocycles. The topological polar surface area (TPSA) is 35.5 Å². The lowest BCUT2D eigenvalue weighted by Crippen LogP contribution is -2.13. The summed E-state index contributed by atoms with van der Waals surface area (Å²) < 4.78 is 24.8. The second-order valence-electron chi connectivity index (χ2n) is 4.29. The van der Waals surface area contributed by atoms with Gasteiger partial charge in [0, 0.05) is 29.7 Å². The SMILES string of the molecule is CCOC(OCC)c1cscc1C(=O)c1ccccc1F. The monoisotopic (exact) mass is 308 g/mol. The van der Waals surface area contributed by atoms with Gasteiger partial charge in [0.25, 0.3) is 0 Å². The molecule has 3 nitrogen and oxygen atoms in total. The fraction of sp³-hybridized carbons (Fsp3) is 0.312. The van der Waals surface area contributed by atoms with Crippen molar-refractivity contribution in [2.24, 2.45) is 0 Å². The van der Waals surface area contributed by atoms with E-state index in [4.69, 9.17) is 9.47 Å². The average molecular weight is 308 g/mol. The van der Waals surface area contributed by atoms with Crippen molar-refractivity contribution in [2.45, 2.75) is 20.1 Å². The maximum Gasteiger partial charge on any atom is 0.197 e. The maximum atomic E-state index is 13.8. The van der Waals surface area contributed by atoms with Crippen LogP contribution in [0.4, 0.5) is 4.39 Å². The molecule has 1 aromatic carbocycles. The average Bonchev–Trinajstić information content (AvgIpc) is 2.96. The Morgan fingerprint density at radius 3 is 2.43 bits per heavy atom. The highest BCUT2D eigenvalue weighted by molar-refractivity contribution is 7.08. The number of ether oxygens (including phenoxy) is 2. The van der Waals surface area contributed by atoms with E-state index in [1.165, 1.54) is 23.5 Å². The van der Waals surface area contributed by atoms with Crippen molar-refractivity contribution in [2.75, 3.05) is 13.2 Å². The third-order valence-electron chi connectivity index (χ3n) is 2.95. The highest BCUT2D eigenvalue weighted by atomic mass is 32.1. The molecule has 0 saturated heterocycles. The third-order valence-corrected chi connectivity index (χ3v) is 3.71. The smallest absolute Gasteiger partial charge is 0.197 e. The van der Waals surface area contributed by atoms with Gasteiger partial charge in [-0.05, 0) is 31.4 Å². The van der Waals surface area contributed by atoms with Crippen LogP contribution in [0.5, 0.6) is 0 Å².